The van der Waals surface area contributed by atoms with Crippen molar-refractivity contribution < 1.29 is 5.11 Å². The number of aliphatic hydroxyl groups excluding tert-OH is 1. The summed E-state index contributed by atoms with van der Waals surface area (Å²) in [4.78, 5) is 4.26. The minimum Gasteiger partial charge on any atom is -0.389 e. The molecule has 0 aliphatic rings. The fourth-order valence-corrected chi connectivity index (χ4v) is 1.85. The third kappa shape index (κ3) is 1.74. The Hall–Kier alpha value is -2.27. The monoisotopic (exact) mass is 240 g/mol. The zero-order valence-corrected chi connectivity index (χ0v) is 9.85. The molecule has 0 amide bonds. The van der Waals surface area contributed by atoms with E-state index in [1.807, 2.05) is 30.3 Å². The van der Waals surface area contributed by atoms with Gasteiger partial charge < -0.3 is 5.11 Å². The number of benzene rings is 1. The van der Waals surface area contributed by atoms with E-state index in [9.17, 15) is 5.11 Å². The van der Waals surface area contributed by atoms with E-state index in [2.05, 4.69) is 15.3 Å². The number of pyridine rings is 1. The molecule has 3 aromatic rings. The minimum atomic E-state index is -0.526. The lowest BCUT2D eigenvalue weighted by atomic mass is 10.2. The average Bonchev–Trinajstić information content (AvgIpc) is 2.82. The standard InChI is InChI=1S/C13H12N4O/c1-9(18)10-6-7-14-13(8-10)17-12-5-3-2-4-11(12)15-16-17/h2-9,18H,1H3/t9-/m1/s1. The first-order chi connectivity index (χ1) is 8.75. The molecule has 0 fully saturated rings. The molecule has 1 N–H and O–H groups in total. The molecule has 1 aromatic carbocycles. The molecule has 5 nitrogen and oxygen atoms in total. The van der Waals surface area contributed by atoms with Crippen LogP contribution in [0.25, 0.3) is 16.9 Å². The molecule has 3 rings (SSSR count). The molecule has 0 aliphatic heterocycles. The summed E-state index contributed by atoms with van der Waals surface area (Å²) in [6, 6.07) is 11.3. The molecule has 0 unspecified atom stereocenters. The van der Waals surface area contributed by atoms with Gasteiger partial charge in [0.25, 0.3) is 0 Å². The predicted octanol–water partition coefficient (Wildman–Crippen LogP) is 1.87. The maximum Gasteiger partial charge on any atom is 0.156 e. The van der Waals surface area contributed by atoms with Crippen molar-refractivity contribution in [2.45, 2.75) is 13.0 Å². The second kappa shape index (κ2) is 4.19. The van der Waals surface area contributed by atoms with Crippen molar-refractivity contribution in [3.8, 4) is 5.82 Å². The van der Waals surface area contributed by atoms with E-state index in [-0.39, 0.29) is 0 Å². The fraction of sp³-hybridized carbons (Fsp3) is 0.154. The summed E-state index contributed by atoms with van der Waals surface area (Å²) >= 11 is 0. The van der Waals surface area contributed by atoms with Crippen LogP contribution in [-0.4, -0.2) is 25.1 Å². The highest BCUT2D eigenvalue weighted by atomic mass is 16.3. The third-order valence-electron chi connectivity index (χ3n) is 2.82. The zero-order valence-electron chi connectivity index (χ0n) is 9.85. The van der Waals surface area contributed by atoms with Gasteiger partial charge in [0, 0.05) is 6.20 Å². The maximum atomic E-state index is 9.59. The number of para-hydroxylation sites is 1. The molecular weight excluding hydrogens is 228 g/mol. The van der Waals surface area contributed by atoms with E-state index >= 15 is 0 Å². The minimum absolute atomic E-state index is 0.526. The highest BCUT2D eigenvalue weighted by molar-refractivity contribution is 5.75. The Balaban J connectivity index is 2.17. The Bertz CT molecular complexity index is 690. The van der Waals surface area contributed by atoms with Crippen molar-refractivity contribution in [1.29, 1.82) is 0 Å². The van der Waals surface area contributed by atoms with Gasteiger partial charge in [-0.05, 0) is 36.8 Å². The summed E-state index contributed by atoms with van der Waals surface area (Å²) in [5.74, 6) is 0.655. The van der Waals surface area contributed by atoms with E-state index < -0.39 is 6.10 Å². The predicted molar refractivity (Wildman–Crippen MR) is 67.3 cm³/mol. The second-order valence-electron chi connectivity index (χ2n) is 4.11. The van der Waals surface area contributed by atoms with E-state index in [4.69, 9.17) is 0 Å². The number of aliphatic hydroxyl groups is 1. The number of fused-ring (bicyclic) bond motifs is 1. The Morgan fingerprint density at radius 2 is 2.06 bits per heavy atom. The molecular formula is C13H12N4O. The van der Waals surface area contributed by atoms with Crippen LogP contribution in [0, 0.1) is 0 Å². The van der Waals surface area contributed by atoms with Crippen molar-refractivity contribution in [2.24, 2.45) is 0 Å². The van der Waals surface area contributed by atoms with Crippen molar-refractivity contribution in [3.63, 3.8) is 0 Å². The normalized spacial score (nSPS) is 12.8. The molecule has 1 atom stereocenters. The number of aromatic nitrogens is 4. The molecule has 5 heteroatoms. The second-order valence-corrected chi connectivity index (χ2v) is 4.11. The molecule has 0 aliphatic carbocycles. The van der Waals surface area contributed by atoms with Gasteiger partial charge in [-0.25, -0.2) is 4.98 Å². The van der Waals surface area contributed by atoms with Gasteiger partial charge in [0.15, 0.2) is 5.82 Å². The first kappa shape index (κ1) is 10.9. The van der Waals surface area contributed by atoms with E-state index in [0.717, 1.165) is 16.6 Å². The van der Waals surface area contributed by atoms with E-state index in [1.54, 1.807) is 23.9 Å². The van der Waals surface area contributed by atoms with Gasteiger partial charge in [0.05, 0.1) is 11.6 Å². The number of hydrogen-bond donors (Lipinski definition) is 1. The van der Waals surface area contributed by atoms with Crippen LogP contribution in [-0.2, 0) is 0 Å². The molecule has 0 saturated heterocycles. The van der Waals surface area contributed by atoms with Crippen LogP contribution in [0.2, 0.25) is 0 Å². The summed E-state index contributed by atoms with van der Waals surface area (Å²) in [6.45, 7) is 1.72. The Morgan fingerprint density at radius 3 is 2.89 bits per heavy atom. The number of rotatable bonds is 2. The number of nitrogens with zero attached hydrogens (tertiary/aromatic N) is 4. The van der Waals surface area contributed by atoms with Gasteiger partial charge in [-0.3, -0.25) is 0 Å². The van der Waals surface area contributed by atoms with Crippen LogP contribution in [0.15, 0.2) is 42.6 Å². The molecule has 0 saturated carbocycles. The van der Waals surface area contributed by atoms with Crippen LogP contribution in [0.4, 0.5) is 0 Å². The largest absolute Gasteiger partial charge is 0.389 e. The third-order valence-corrected chi connectivity index (χ3v) is 2.82. The first-order valence-electron chi connectivity index (χ1n) is 5.70. The van der Waals surface area contributed by atoms with E-state index in [1.165, 1.54) is 0 Å². The topological polar surface area (TPSA) is 63.8 Å². The summed E-state index contributed by atoms with van der Waals surface area (Å²) in [5.41, 5.74) is 2.52. The van der Waals surface area contributed by atoms with Crippen LogP contribution < -0.4 is 0 Å². The highest BCUT2D eigenvalue weighted by Gasteiger charge is 2.08. The van der Waals surface area contributed by atoms with Gasteiger partial charge in [-0.1, -0.05) is 17.3 Å². The highest BCUT2D eigenvalue weighted by Crippen LogP contribution is 2.17. The Kier molecular flexibility index (Phi) is 2.53. The smallest absolute Gasteiger partial charge is 0.156 e. The van der Waals surface area contributed by atoms with Crippen molar-refractivity contribution in [2.75, 3.05) is 0 Å². The lowest BCUT2D eigenvalue weighted by Crippen LogP contribution is -2.01. The van der Waals surface area contributed by atoms with Crippen LogP contribution in [0.5, 0.6) is 0 Å². The zero-order chi connectivity index (χ0) is 12.5. The van der Waals surface area contributed by atoms with Crippen LogP contribution in [0.1, 0.15) is 18.6 Å². The maximum absolute atomic E-state index is 9.59. The summed E-state index contributed by atoms with van der Waals surface area (Å²) < 4.78 is 1.67. The quantitative estimate of drug-likeness (QED) is 0.742. The van der Waals surface area contributed by atoms with E-state index in [0.29, 0.717) is 5.82 Å². The molecule has 90 valence electrons. The van der Waals surface area contributed by atoms with Gasteiger partial charge in [0.1, 0.15) is 5.52 Å². The van der Waals surface area contributed by atoms with Gasteiger partial charge in [-0.2, -0.15) is 4.68 Å². The summed E-state index contributed by atoms with van der Waals surface area (Å²) in [6.07, 6.45) is 1.13. The Morgan fingerprint density at radius 1 is 1.22 bits per heavy atom. The molecule has 0 spiro atoms. The molecule has 0 bridgehead atoms. The Labute approximate surface area is 104 Å². The van der Waals surface area contributed by atoms with Crippen LogP contribution >= 0.6 is 0 Å². The molecule has 0 radical (unpaired) electrons. The lowest BCUT2D eigenvalue weighted by Gasteiger charge is -2.06. The fourth-order valence-electron chi connectivity index (χ4n) is 1.85. The van der Waals surface area contributed by atoms with Crippen molar-refractivity contribution >= 4 is 11.0 Å². The summed E-state index contributed by atoms with van der Waals surface area (Å²) in [5, 5.41) is 17.8. The van der Waals surface area contributed by atoms with Crippen molar-refractivity contribution in [3.05, 3.63) is 48.2 Å². The van der Waals surface area contributed by atoms with Gasteiger partial charge in [0.2, 0.25) is 0 Å². The summed E-state index contributed by atoms with van der Waals surface area (Å²) in [7, 11) is 0. The molecule has 2 aromatic heterocycles. The average molecular weight is 240 g/mol. The molecule has 2 heterocycles. The van der Waals surface area contributed by atoms with Crippen molar-refractivity contribution in [1.82, 2.24) is 20.0 Å². The van der Waals surface area contributed by atoms with Crippen LogP contribution in [0.3, 0.4) is 0 Å². The SMILES string of the molecule is C[C@@H](O)c1ccnc(-n2nnc3ccccc32)c1. The first-order valence-corrected chi connectivity index (χ1v) is 5.70. The van der Waals surface area contributed by atoms with Gasteiger partial charge >= 0.3 is 0 Å². The lowest BCUT2D eigenvalue weighted by molar-refractivity contribution is 0.199. The van der Waals surface area contributed by atoms with Gasteiger partial charge in [-0.15, -0.1) is 5.10 Å². The molecule has 18 heavy (non-hydrogen) atoms. The number of hydrogen-bond acceptors (Lipinski definition) is 4.